The number of amides is 1. The van der Waals surface area contributed by atoms with E-state index in [1.807, 2.05) is 59.6 Å². The van der Waals surface area contributed by atoms with Gasteiger partial charge in [-0.3, -0.25) is 14.0 Å². The maximum atomic E-state index is 13.1. The smallest absolute Gasteiger partial charge is 0.259 e. The lowest BCUT2D eigenvalue weighted by Crippen LogP contribution is -2.23. The molecule has 1 amide bonds. The molecule has 0 aliphatic carbocycles. The molecule has 1 saturated heterocycles. The van der Waals surface area contributed by atoms with Crippen molar-refractivity contribution in [3.05, 3.63) is 83.3 Å². The van der Waals surface area contributed by atoms with Gasteiger partial charge in [0, 0.05) is 43.0 Å². The number of fused-ring (bicyclic) bond motifs is 1. The molecule has 1 fully saturated rings. The Kier molecular flexibility index (Phi) is 6.36. The molecular formula is C29H30N4O2. The molecule has 0 saturated carbocycles. The molecule has 0 N–H and O–H groups in total. The van der Waals surface area contributed by atoms with Gasteiger partial charge < -0.3 is 9.47 Å². The summed E-state index contributed by atoms with van der Waals surface area (Å²) in [5.74, 6) is 0.820. The molecule has 178 valence electrons. The minimum atomic E-state index is -0.104. The fraction of sp³-hybridized carbons (Fsp3) is 0.276. The van der Waals surface area contributed by atoms with Crippen molar-refractivity contribution in [3.63, 3.8) is 0 Å². The zero-order chi connectivity index (χ0) is 24.4. The highest BCUT2D eigenvalue weighted by molar-refractivity contribution is 5.95. The molecule has 35 heavy (non-hydrogen) atoms. The number of nitrogens with zero attached hydrogens (tertiary/aromatic N) is 4. The lowest BCUT2D eigenvalue weighted by molar-refractivity contribution is -0.117. The van der Waals surface area contributed by atoms with E-state index < -0.39 is 0 Å². The molecule has 6 heteroatoms. The molecule has 0 atom stereocenters. The molecule has 0 spiro atoms. The SMILES string of the molecule is C=Cc1ccc(-c2cc(=O)n3cc(-c4ccc(N5CCCC5=O)cc4)n(CCCCC)c3n2)cc1. The van der Waals surface area contributed by atoms with Gasteiger partial charge in [-0.15, -0.1) is 0 Å². The molecule has 4 aromatic rings. The van der Waals surface area contributed by atoms with Gasteiger partial charge in [0.1, 0.15) is 0 Å². The van der Waals surface area contributed by atoms with E-state index >= 15 is 0 Å². The van der Waals surface area contributed by atoms with Crippen molar-refractivity contribution in [1.82, 2.24) is 14.0 Å². The molecule has 1 aliphatic heterocycles. The first-order valence-corrected chi connectivity index (χ1v) is 12.4. The second kappa shape index (κ2) is 9.74. The maximum Gasteiger partial charge on any atom is 0.259 e. The van der Waals surface area contributed by atoms with Gasteiger partial charge in [-0.05, 0) is 36.1 Å². The van der Waals surface area contributed by atoms with Crippen LogP contribution in [0.25, 0.3) is 34.4 Å². The number of unbranched alkanes of at least 4 members (excludes halogenated alkanes) is 2. The van der Waals surface area contributed by atoms with Crippen LogP contribution in [0, 0.1) is 0 Å². The fourth-order valence-electron chi connectivity index (χ4n) is 4.73. The van der Waals surface area contributed by atoms with Crippen molar-refractivity contribution in [3.8, 4) is 22.5 Å². The average Bonchev–Trinajstić information content (AvgIpc) is 3.48. The van der Waals surface area contributed by atoms with Crippen LogP contribution < -0.4 is 10.5 Å². The lowest BCUT2D eigenvalue weighted by Gasteiger charge is -2.16. The zero-order valence-corrected chi connectivity index (χ0v) is 20.1. The first kappa shape index (κ1) is 22.8. The second-order valence-electron chi connectivity index (χ2n) is 9.04. The lowest BCUT2D eigenvalue weighted by atomic mass is 10.1. The summed E-state index contributed by atoms with van der Waals surface area (Å²) in [4.78, 5) is 32.0. The summed E-state index contributed by atoms with van der Waals surface area (Å²) in [6.45, 7) is 7.53. The monoisotopic (exact) mass is 466 g/mol. The minimum Gasteiger partial charge on any atom is -0.312 e. The Morgan fingerprint density at radius 2 is 1.74 bits per heavy atom. The molecule has 1 aliphatic rings. The van der Waals surface area contributed by atoms with Crippen LogP contribution in [0.15, 0.2) is 72.2 Å². The van der Waals surface area contributed by atoms with Crippen LogP contribution in [0.2, 0.25) is 0 Å². The Balaban J connectivity index is 1.59. The topological polar surface area (TPSA) is 59.6 Å². The summed E-state index contributed by atoms with van der Waals surface area (Å²) < 4.78 is 3.79. The maximum absolute atomic E-state index is 13.1. The first-order valence-electron chi connectivity index (χ1n) is 12.4. The Hall–Kier alpha value is -3.93. The van der Waals surface area contributed by atoms with Gasteiger partial charge in [-0.2, -0.15) is 0 Å². The summed E-state index contributed by atoms with van der Waals surface area (Å²) in [5.41, 5.74) is 5.35. The summed E-state index contributed by atoms with van der Waals surface area (Å²) in [7, 11) is 0. The van der Waals surface area contributed by atoms with Crippen LogP contribution >= 0.6 is 0 Å². The third-order valence-corrected chi connectivity index (χ3v) is 6.69. The van der Waals surface area contributed by atoms with E-state index in [9.17, 15) is 9.59 Å². The standard InChI is InChI=1S/C29H30N4O2/c1-3-5-6-17-32-26(23-13-15-24(16-14-23)31-18-7-8-27(31)34)20-33-28(35)19-25(30-29(32)33)22-11-9-21(4-2)10-12-22/h4,9-16,19-20H,2-3,5-8,17-18H2,1H3. The Bertz CT molecular complexity index is 1430. The number of anilines is 1. The van der Waals surface area contributed by atoms with Gasteiger partial charge in [0.05, 0.1) is 11.4 Å². The minimum absolute atomic E-state index is 0.104. The summed E-state index contributed by atoms with van der Waals surface area (Å²) in [5, 5.41) is 0. The molecule has 3 heterocycles. The highest BCUT2D eigenvalue weighted by atomic mass is 16.2. The predicted octanol–water partition coefficient (Wildman–Crippen LogP) is 5.79. The van der Waals surface area contributed by atoms with Crippen molar-refractivity contribution >= 4 is 23.4 Å². The second-order valence-corrected chi connectivity index (χ2v) is 9.04. The van der Waals surface area contributed by atoms with Crippen LogP contribution in [0.4, 0.5) is 5.69 Å². The van der Waals surface area contributed by atoms with Crippen molar-refractivity contribution in [2.45, 2.75) is 45.6 Å². The highest BCUT2D eigenvalue weighted by Gasteiger charge is 2.22. The molecule has 0 bridgehead atoms. The Morgan fingerprint density at radius 1 is 1.00 bits per heavy atom. The Morgan fingerprint density at radius 3 is 2.40 bits per heavy atom. The van der Waals surface area contributed by atoms with Crippen LogP contribution in [0.3, 0.4) is 0 Å². The van der Waals surface area contributed by atoms with Gasteiger partial charge >= 0.3 is 0 Å². The molecular weight excluding hydrogens is 436 g/mol. The number of rotatable bonds is 8. The molecule has 2 aromatic heterocycles. The summed E-state index contributed by atoms with van der Waals surface area (Å²) in [6, 6.07) is 17.5. The summed E-state index contributed by atoms with van der Waals surface area (Å²) >= 11 is 0. The van der Waals surface area contributed by atoms with Crippen molar-refractivity contribution in [2.75, 3.05) is 11.4 Å². The Labute approximate surface area is 205 Å². The van der Waals surface area contributed by atoms with E-state index in [2.05, 4.69) is 18.1 Å². The van der Waals surface area contributed by atoms with Crippen molar-refractivity contribution < 1.29 is 4.79 Å². The third kappa shape index (κ3) is 4.44. The van der Waals surface area contributed by atoms with E-state index in [0.717, 1.165) is 66.8 Å². The first-order chi connectivity index (χ1) is 17.1. The van der Waals surface area contributed by atoms with Gasteiger partial charge in [0.25, 0.3) is 5.56 Å². The number of aryl methyl sites for hydroxylation is 1. The van der Waals surface area contributed by atoms with Crippen LogP contribution in [0.5, 0.6) is 0 Å². The third-order valence-electron chi connectivity index (χ3n) is 6.69. The fourth-order valence-corrected chi connectivity index (χ4v) is 4.73. The molecule has 0 radical (unpaired) electrons. The zero-order valence-electron chi connectivity index (χ0n) is 20.1. The number of hydrogen-bond acceptors (Lipinski definition) is 3. The largest absolute Gasteiger partial charge is 0.312 e. The molecule has 0 unspecified atom stereocenters. The van der Waals surface area contributed by atoms with Crippen molar-refractivity contribution in [1.29, 1.82) is 0 Å². The van der Waals surface area contributed by atoms with Crippen LogP contribution in [0.1, 0.15) is 44.6 Å². The predicted molar refractivity (Wildman–Crippen MR) is 142 cm³/mol. The molecule has 5 rings (SSSR count). The highest BCUT2D eigenvalue weighted by Crippen LogP contribution is 2.28. The van der Waals surface area contributed by atoms with E-state index in [0.29, 0.717) is 17.9 Å². The number of carbonyl (C=O) groups excluding carboxylic acids is 1. The van der Waals surface area contributed by atoms with Crippen molar-refractivity contribution in [2.24, 2.45) is 0 Å². The number of carbonyl (C=O) groups is 1. The van der Waals surface area contributed by atoms with Gasteiger partial charge in [-0.1, -0.05) is 68.8 Å². The average molecular weight is 467 g/mol. The van der Waals surface area contributed by atoms with Gasteiger partial charge in [-0.25, -0.2) is 4.98 Å². The van der Waals surface area contributed by atoms with Gasteiger partial charge in [0.2, 0.25) is 11.7 Å². The van der Waals surface area contributed by atoms with E-state index in [-0.39, 0.29) is 11.5 Å². The van der Waals surface area contributed by atoms with Crippen LogP contribution in [-0.4, -0.2) is 26.4 Å². The van der Waals surface area contributed by atoms with E-state index in [1.165, 1.54) is 0 Å². The summed E-state index contributed by atoms with van der Waals surface area (Å²) in [6.07, 6.45) is 8.42. The number of imidazole rings is 1. The number of hydrogen-bond donors (Lipinski definition) is 0. The molecule has 2 aromatic carbocycles. The molecule has 6 nitrogen and oxygen atoms in total. The quantitative estimate of drug-likeness (QED) is 0.309. The van der Waals surface area contributed by atoms with Crippen LogP contribution in [-0.2, 0) is 11.3 Å². The number of aromatic nitrogens is 3. The van der Waals surface area contributed by atoms with E-state index in [4.69, 9.17) is 4.98 Å². The normalized spacial score (nSPS) is 13.6. The van der Waals surface area contributed by atoms with E-state index in [1.54, 1.807) is 16.5 Å². The number of benzene rings is 2. The van der Waals surface area contributed by atoms with Gasteiger partial charge in [0.15, 0.2) is 0 Å².